The van der Waals surface area contributed by atoms with E-state index in [0.29, 0.717) is 0 Å². The van der Waals surface area contributed by atoms with Crippen LogP contribution in [0.1, 0.15) is 12.5 Å². The maximum absolute atomic E-state index is 15.9. The largest absolute Gasteiger partial charge is 0.472 e. The van der Waals surface area contributed by atoms with E-state index in [1.165, 1.54) is 6.33 Å². The molecule has 6 N–H and O–H groups in total. The van der Waals surface area contributed by atoms with E-state index in [4.69, 9.17) is 39.0 Å². The maximum Gasteiger partial charge on any atom is 0.472 e. The SMILES string of the molecule is Nc1nc2c(ncn2C2OC3COP(=O)(O)OC4C(COP(=O)(S)OC2C3F)OC(n2cnc3c(N)ncnc32)C4F)c(=O)[nH]1. The number of hydrogen-bond donors (Lipinski definition) is 5. The summed E-state index contributed by atoms with van der Waals surface area (Å²) in [4.78, 5) is 44.9. The number of nitrogen functional groups attached to an aromatic ring is 2. The number of H-pyrrole nitrogens is 1. The van der Waals surface area contributed by atoms with Gasteiger partial charge in [0.05, 0.1) is 25.9 Å². The predicted molar refractivity (Wildman–Crippen MR) is 148 cm³/mol. The van der Waals surface area contributed by atoms with Crippen molar-refractivity contribution in [3.63, 3.8) is 0 Å². The van der Waals surface area contributed by atoms with Crippen LogP contribution in [0.5, 0.6) is 0 Å². The molecule has 2 bridgehead atoms. The molecule has 3 aliphatic heterocycles. The van der Waals surface area contributed by atoms with Crippen LogP contribution >= 0.6 is 26.9 Å². The molecule has 10 unspecified atom stereocenters. The van der Waals surface area contributed by atoms with Gasteiger partial charge in [0.2, 0.25) is 5.95 Å². The molecule has 0 aliphatic carbocycles. The molecule has 20 nitrogen and oxygen atoms in total. The number of hydrogen-bond acceptors (Lipinski definition) is 16. The first kappa shape index (κ1) is 30.5. The fourth-order valence-electron chi connectivity index (χ4n) is 5.23. The van der Waals surface area contributed by atoms with E-state index in [0.717, 1.165) is 21.8 Å². The summed E-state index contributed by atoms with van der Waals surface area (Å²) in [5.74, 6) is -0.285. The van der Waals surface area contributed by atoms with E-state index in [1.54, 1.807) is 0 Å². The molecule has 3 saturated heterocycles. The number of phosphoric ester groups is 1. The molecule has 0 amide bonds. The number of nitrogens with two attached hydrogens (primary N) is 2. The fourth-order valence-corrected chi connectivity index (χ4v) is 7.64. The lowest BCUT2D eigenvalue weighted by molar-refractivity contribution is -0.0611. The lowest BCUT2D eigenvalue weighted by atomic mass is 10.1. The number of nitrogens with zero attached hydrogens (tertiary/aromatic N) is 7. The Morgan fingerprint density at radius 3 is 2.38 bits per heavy atom. The Labute approximate surface area is 253 Å². The van der Waals surface area contributed by atoms with Crippen molar-refractivity contribution >= 4 is 61.0 Å². The molecule has 7 heterocycles. The highest BCUT2D eigenvalue weighted by Gasteiger charge is 2.54. The number of nitrogens with one attached hydrogen (secondary N) is 1. The van der Waals surface area contributed by atoms with Crippen molar-refractivity contribution in [2.45, 2.75) is 49.2 Å². The second kappa shape index (κ2) is 11.0. The topological polar surface area (TPSA) is 269 Å². The molecule has 10 atom stereocenters. The zero-order chi connectivity index (χ0) is 31.8. The molecule has 242 valence electrons. The quantitative estimate of drug-likeness (QED) is 0.142. The van der Waals surface area contributed by atoms with Gasteiger partial charge in [-0.05, 0) is 0 Å². The van der Waals surface area contributed by atoms with Gasteiger partial charge in [-0.2, -0.15) is 4.98 Å². The summed E-state index contributed by atoms with van der Waals surface area (Å²) in [6.07, 6.45) is -10.9. The van der Waals surface area contributed by atoms with Gasteiger partial charge in [-0.1, -0.05) is 12.2 Å². The third-order valence-electron chi connectivity index (χ3n) is 7.23. The first-order valence-electron chi connectivity index (χ1n) is 12.9. The molecular weight excluding hydrogens is 672 g/mol. The molecular formula is C20H22F2N10O10P2S. The van der Waals surface area contributed by atoms with Gasteiger partial charge >= 0.3 is 14.6 Å². The van der Waals surface area contributed by atoms with Gasteiger partial charge in [0.1, 0.15) is 36.3 Å². The van der Waals surface area contributed by atoms with Crippen LogP contribution in [0, 0.1) is 0 Å². The molecule has 4 aromatic rings. The summed E-state index contributed by atoms with van der Waals surface area (Å²) in [7, 11) is -5.16. The highest BCUT2D eigenvalue weighted by Crippen LogP contribution is 2.58. The van der Waals surface area contributed by atoms with Crippen LogP contribution in [-0.2, 0) is 36.7 Å². The molecule has 45 heavy (non-hydrogen) atoms. The normalized spacial score (nSPS) is 37.7. The number of imidazole rings is 2. The number of ether oxygens (including phenoxy) is 2. The number of phosphoric acid groups is 1. The van der Waals surface area contributed by atoms with E-state index >= 15 is 8.78 Å². The van der Waals surface area contributed by atoms with Crippen molar-refractivity contribution in [2.75, 3.05) is 24.7 Å². The van der Waals surface area contributed by atoms with E-state index in [9.17, 15) is 18.8 Å². The Kier molecular flexibility index (Phi) is 7.47. The summed E-state index contributed by atoms with van der Waals surface area (Å²) < 4.78 is 92.7. The molecule has 7 rings (SSSR count). The van der Waals surface area contributed by atoms with Crippen molar-refractivity contribution in [1.82, 2.24) is 39.0 Å². The number of alkyl halides is 2. The van der Waals surface area contributed by atoms with Crippen molar-refractivity contribution in [3.8, 4) is 0 Å². The average Bonchev–Trinajstić information content (AvgIpc) is 3.72. The van der Waals surface area contributed by atoms with Crippen molar-refractivity contribution in [2.24, 2.45) is 0 Å². The Morgan fingerprint density at radius 2 is 1.60 bits per heavy atom. The monoisotopic (exact) mass is 694 g/mol. The summed E-state index contributed by atoms with van der Waals surface area (Å²) in [5.41, 5.74) is 10.6. The lowest BCUT2D eigenvalue weighted by Gasteiger charge is -2.25. The zero-order valence-corrected chi connectivity index (χ0v) is 25.0. The Bertz CT molecular complexity index is 1950. The molecule has 0 saturated carbocycles. The van der Waals surface area contributed by atoms with E-state index < -0.39 is 82.6 Å². The molecule has 0 spiro atoms. The molecule has 4 aromatic heterocycles. The minimum absolute atomic E-state index is 0.00627. The van der Waals surface area contributed by atoms with Gasteiger partial charge in [-0.15, -0.1) is 0 Å². The third kappa shape index (κ3) is 5.41. The van der Waals surface area contributed by atoms with Crippen molar-refractivity contribution < 1.29 is 50.4 Å². The van der Waals surface area contributed by atoms with Gasteiger partial charge in [0.25, 0.3) is 5.56 Å². The Balaban J connectivity index is 1.21. The number of anilines is 2. The second-order valence-electron chi connectivity index (χ2n) is 10.0. The molecule has 3 aliphatic rings. The first-order valence-corrected chi connectivity index (χ1v) is 17.1. The number of fused-ring (bicyclic) bond motifs is 5. The molecule has 0 aromatic carbocycles. The summed E-state index contributed by atoms with van der Waals surface area (Å²) in [6.45, 7) is -6.25. The highest BCUT2D eigenvalue weighted by atomic mass is 32.7. The van der Waals surface area contributed by atoms with Gasteiger partial charge in [-0.3, -0.25) is 37.0 Å². The number of rotatable bonds is 2. The first-order chi connectivity index (χ1) is 21.3. The van der Waals surface area contributed by atoms with Gasteiger partial charge < -0.3 is 25.8 Å². The summed E-state index contributed by atoms with van der Waals surface area (Å²) >= 11 is 3.95. The lowest BCUT2D eigenvalue weighted by Crippen LogP contribution is -2.34. The fraction of sp³-hybridized carbons (Fsp3) is 0.500. The Hall–Kier alpha value is -3.11. The number of halogens is 2. The van der Waals surface area contributed by atoms with Crippen LogP contribution in [-0.4, -0.2) is 93.9 Å². The van der Waals surface area contributed by atoms with Crippen LogP contribution < -0.4 is 17.0 Å². The summed E-state index contributed by atoms with van der Waals surface area (Å²) in [6, 6.07) is 0. The highest BCUT2D eigenvalue weighted by molar-refractivity contribution is 8.44. The second-order valence-corrected chi connectivity index (χ2v) is 14.3. The van der Waals surface area contributed by atoms with Crippen molar-refractivity contribution in [1.29, 1.82) is 0 Å². The number of aromatic nitrogens is 8. The predicted octanol–water partition coefficient (Wildman–Crippen LogP) is 0.550. The number of aromatic amines is 1. The molecule has 0 radical (unpaired) electrons. The van der Waals surface area contributed by atoms with Crippen LogP contribution in [0.2, 0.25) is 0 Å². The van der Waals surface area contributed by atoms with Crippen molar-refractivity contribution in [3.05, 3.63) is 29.3 Å². The van der Waals surface area contributed by atoms with Crippen LogP contribution in [0.15, 0.2) is 23.8 Å². The van der Waals surface area contributed by atoms with Gasteiger partial charge in [-0.25, -0.2) is 37.8 Å². The summed E-state index contributed by atoms with van der Waals surface area (Å²) in [5, 5.41) is 0. The van der Waals surface area contributed by atoms with Crippen LogP contribution in [0.4, 0.5) is 20.5 Å². The number of thiol groups is 1. The van der Waals surface area contributed by atoms with Gasteiger partial charge in [0.15, 0.2) is 47.4 Å². The zero-order valence-electron chi connectivity index (χ0n) is 22.3. The minimum Gasteiger partial charge on any atom is -0.382 e. The van der Waals surface area contributed by atoms with Gasteiger partial charge in [0, 0.05) is 0 Å². The molecule has 25 heteroatoms. The third-order valence-corrected chi connectivity index (χ3v) is 9.83. The van der Waals surface area contributed by atoms with E-state index in [1.807, 2.05) is 0 Å². The van der Waals surface area contributed by atoms with E-state index in [-0.39, 0.29) is 34.1 Å². The Morgan fingerprint density at radius 1 is 0.911 bits per heavy atom. The minimum atomic E-state index is -5.16. The smallest absolute Gasteiger partial charge is 0.382 e. The van der Waals surface area contributed by atoms with Crippen LogP contribution in [0.3, 0.4) is 0 Å². The maximum atomic E-state index is 15.9. The average molecular weight is 694 g/mol. The standard InChI is InChI=1S/C20H22F2N10O10P2S/c21-8-6-1-37-43(34,35)41-12-7(40-18(9(12)22)31-4-27-10-14(23)25-3-26-15(10)31)2-38-44(36,45)42-13(8)19(39-6)32-5-28-11-16(32)29-20(24)30-17(11)33/h3-9,12-13,18-19H,1-2H2,(H,34,35)(H,36,45)(H2,23,25,26)(H3,24,29,30,33). The molecule has 3 fully saturated rings. The van der Waals surface area contributed by atoms with Crippen LogP contribution in [0.25, 0.3) is 22.3 Å². The van der Waals surface area contributed by atoms with E-state index in [2.05, 4.69) is 42.2 Å².